The number of rotatable bonds is 6. The van der Waals surface area contributed by atoms with Crippen LogP contribution in [0.2, 0.25) is 0 Å². The van der Waals surface area contributed by atoms with Gasteiger partial charge in [0, 0.05) is 15.1 Å². The van der Waals surface area contributed by atoms with Gasteiger partial charge in [-0.3, -0.25) is 0 Å². The van der Waals surface area contributed by atoms with Gasteiger partial charge in [0.1, 0.15) is 17.2 Å². The summed E-state index contributed by atoms with van der Waals surface area (Å²) in [6.07, 6.45) is 0. The molecule has 3 aromatic rings. The van der Waals surface area contributed by atoms with Crippen LogP contribution in [0.5, 0.6) is 17.2 Å². The Bertz CT molecular complexity index is 945. The minimum Gasteiger partial charge on any atom is -0.497 e. The fraction of sp³-hybridized carbons (Fsp3) is 0.143. The molecule has 0 saturated heterocycles. The van der Waals surface area contributed by atoms with Gasteiger partial charge in [-0.05, 0) is 69.5 Å². The first-order chi connectivity index (χ1) is 13.0. The number of nitrogen functional groups attached to an aromatic ring is 1. The summed E-state index contributed by atoms with van der Waals surface area (Å²) in [6, 6.07) is 17.6. The van der Waals surface area contributed by atoms with E-state index in [0.717, 1.165) is 42.6 Å². The van der Waals surface area contributed by atoms with Gasteiger partial charge in [0.15, 0.2) is 0 Å². The van der Waals surface area contributed by atoms with Crippen molar-refractivity contribution < 1.29 is 14.2 Å². The Morgan fingerprint density at radius 1 is 0.778 bits per heavy atom. The predicted molar refractivity (Wildman–Crippen MR) is 114 cm³/mol. The zero-order valence-corrected chi connectivity index (χ0v) is 17.7. The molecule has 0 radical (unpaired) electrons. The van der Waals surface area contributed by atoms with Gasteiger partial charge in [-0.25, -0.2) is 0 Å². The molecule has 3 aromatic carbocycles. The number of nitrogens with two attached hydrogens (primary N) is 1. The smallest absolute Gasteiger partial charge is 0.135 e. The third-order valence-electron chi connectivity index (χ3n) is 4.08. The molecule has 0 spiro atoms. The van der Waals surface area contributed by atoms with E-state index in [1.54, 1.807) is 21.3 Å². The summed E-state index contributed by atoms with van der Waals surface area (Å²) in [5, 5.41) is 0. The molecule has 6 heteroatoms. The highest BCUT2D eigenvalue weighted by atomic mass is 79.9. The van der Waals surface area contributed by atoms with Crippen LogP contribution < -0.4 is 19.9 Å². The van der Waals surface area contributed by atoms with Gasteiger partial charge >= 0.3 is 0 Å². The molecule has 0 aliphatic rings. The zero-order chi connectivity index (χ0) is 19.4. The number of hydrogen-bond donors (Lipinski definition) is 1. The van der Waals surface area contributed by atoms with Crippen molar-refractivity contribution in [3.05, 3.63) is 59.1 Å². The summed E-state index contributed by atoms with van der Waals surface area (Å²) in [4.78, 5) is 1.86. The third-order valence-corrected chi connectivity index (χ3v) is 6.23. The number of anilines is 1. The molecule has 0 heterocycles. The molecule has 0 fully saturated rings. The fourth-order valence-electron chi connectivity index (χ4n) is 2.63. The number of halogens is 1. The van der Waals surface area contributed by atoms with E-state index >= 15 is 0 Å². The monoisotopic (exact) mass is 445 g/mol. The minimum atomic E-state index is 0.653. The van der Waals surface area contributed by atoms with E-state index in [1.807, 2.05) is 54.6 Å². The first-order valence-electron chi connectivity index (χ1n) is 8.19. The van der Waals surface area contributed by atoms with Gasteiger partial charge in [0.2, 0.25) is 0 Å². The van der Waals surface area contributed by atoms with E-state index in [1.165, 1.54) is 11.8 Å². The number of benzene rings is 3. The number of hydrogen-bond acceptors (Lipinski definition) is 5. The standard InChI is InChI=1S/C21H20BrNO3S/c1-24-15-6-4-13(5-7-15)14-10-18(23)21(19(11-14)26-3)27-20-12-16(25-2)8-9-17(20)22/h4-12H,23H2,1-3H3. The Morgan fingerprint density at radius 3 is 2.07 bits per heavy atom. The number of methoxy groups -OCH3 is 3. The van der Waals surface area contributed by atoms with Gasteiger partial charge in [0.05, 0.1) is 26.2 Å². The van der Waals surface area contributed by atoms with E-state index in [-0.39, 0.29) is 0 Å². The molecule has 27 heavy (non-hydrogen) atoms. The first-order valence-corrected chi connectivity index (χ1v) is 9.80. The van der Waals surface area contributed by atoms with Gasteiger partial charge in [-0.2, -0.15) is 0 Å². The molecule has 0 aliphatic heterocycles. The van der Waals surface area contributed by atoms with Crippen LogP contribution in [-0.4, -0.2) is 21.3 Å². The van der Waals surface area contributed by atoms with Crippen LogP contribution in [-0.2, 0) is 0 Å². The maximum absolute atomic E-state index is 6.39. The maximum atomic E-state index is 6.39. The second kappa shape index (κ2) is 8.59. The molecule has 4 nitrogen and oxygen atoms in total. The lowest BCUT2D eigenvalue weighted by Crippen LogP contribution is -1.95. The molecular weight excluding hydrogens is 426 g/mol. The lowest BCUT2D eigenvalue weighted by molar-refractivity contribution is 0.405. The molecule has 2 N–H and O–H groups in total. The van der Waals surface area contributed by atoms with Crippen LogP contribution in [0.1, 0.15) is 0 Å². The Kier molecular flexibility index (Phi) is 6.19. The highest BCUT2D eigenvalue weighted by Gasteiger charge is 2.15. The quantitative estimate of drug-likeness (QED) is 0.480. The third kappa shape index (κ3) is 4.34. The molecular formula is C21H20BrNO3S. The van der Waals surface area contributed by atoms with Crippen molar-refractivity contribution in [2.45, 2.75) is 9.79 Å². The molecule has 0 bridgehead atoms. The molecule has 0 amide bonds. The second-order valence-electron chi connectivity index (χ2n) is 5.72. The average Bonchev–Trinajstić information content (AvgIpc) is 2.70. The Balaban J connectivity index is 1.99. The van der Waals surface area contributed by atoms with Crippen LogP contribution in [0, 0.1) is 0 Å². The molecule has 0 unspecified atom stereocenters. The summed E-state index contributed by atoms with van der Waals surface area (Å²) in [7, 11) is 4.95. The topological polar surface area (TPSA) is 53.7 Å². The predicted octanol–water partition coefficient (Wildman–Crippen LogP) is 5.88. The van der Waals surface area contributed by atoms with Gasteiger partial charge < -0.3 is 19.9 Å². The van der Waals surface area contributed by atoms with Crippen LogP contribution in [0.25, 0.3) is 11.1 Å². The highest BCUT2D eigenvalue weighted by Crippen LogP contribution is 2.45. The number of ether oxygens (including phenoxy) is 3. The molecule has 0 atom stereocenters. The summed E-state index contributed by atoms with van der Waals surface area (Å²) in [5.41, 5.74) is 9.07. The highest BCUT2D eigenvalue weighted by molar-refractivity contribution is 9.10. The van der Waals surface area contributed by atoms with Crippen molar-refractivity contribution in [2.24, 2.45) is 0 Å². The van der Waals surface area contributed by atoms with Crippen LogP contribution in [0.15, 0.2) is 68.9 Å². The van der Waals surface area contributed by atoms with Crippen LogP contribution >= 0.6 is 27.7 Å². The van der Waals surface area contributed by atoms with Crippen molar-refractivity contribution in [2.75, 3.05) is 27.1 Å². The molecule has 140 valence electrons. The van der Waals surface area contributed by atoms with Crippen molar-refractivity contribution in [3.63, 3.8) is 0 Å². The fourth-order valence-corrected chi connectivity index (χ4v) is 4.10. The Labute approximate surface area is 171 Å². The molecule has 0 aliphatic carbocycles. The minimum absolute atomic E-state index is 0.653. The summed E-state index contributed by atoms with van der Waals surface area (Å²) in [5.74, 6) is 2.32. The zero-order valence-electron chi connectivity index (χ0n) is 15.3. The largest absolute Gasteiger partial charge is 0.497 e. The van der Waals surface area contributed by atoms with Crippen LogP contribution in [0.3, 0.4) is 0 Å². The van der Waals surface area contributed by atoms with Crippen molar-refractivity contribution in [1.82, 2.24) is 0 Å². The van der Waals surface area contributed by atoms with Crippen molar-refractivity contribution in [1.29, 1.82) is 0 Å². The molecule has 0 aromatic heterocycles. The summed E-state index contributed by atoms with van der Waals surface area (Å²) in [6.45, 7) is 0. The average molecular weight is 446 g/mol. The van der Waals surface area contributed by atoms with Crippen molar-refractivity contribution in [3.8, 4) is 28.4 Å². The Hall–Kier alpha value is -2.31. The van der Waals surface area contributed by atoms with E-state index < -0.39 is 0 Å². The maximum Gasteiger partial charge on any atom is 0.135 e. The SMILES string of the molecule is COc1ccc(-c2cc(N)c(Sc3cc(OC)ccc3Br)c(OC)c2)cc1. The molecule has 3 rings (SSSR count). The van der Waals surface area contributed by atoms with Gasteiger partial charge in [-0.1, -0.05) is 23.9 Å². The van der Waals surface area contributed by atoms with E-state index in [9.17, 15) is 0 Å². The van der Waals surface area contributed by atoms with E-state index in [2.05, 4.69) is 15.9 Å². The van der Waals surface area contributed by atoms with E-state index in [4.69, 9.17) is 19.9 Å². The lowest BCUT2D eigenvalue weighted by atomic mass is 10.0. The van der Waals surface area contributed by atoms with Crippen LogP contribution in [0.4, 0.5) is 5.69 Å². The first kappa shape index (κ1) is 19.5. The normalized spacial score (nSPS) is 10.5. The van der Waals surface area contributed by atoms with Gasteiger partial charge in [0.25, 0.3) is 0 Å². The molecule has 0 saturated carbocycles. The van der Waals surface area contributed by atoms with Gasteiger partial charge in [-0.15, -0.1) is 0 Å². The Morgan fingerprint density at radius 2 is 1.44 bits per heavy atom. The summed E-state index contributed by atoms with van der Waals surface area (Å²) >= 11 is 5.12. The van der Waals surface area contributed by atoms with E-state index in [0.29, 0.717) is 5.69 Å². The van der Waals surface area contributed by atoms with Crippen molar-refractivity contribution >= 4 is 33.4 Å². The lowest BCUT2D eigenvalue weighted by Gasteiger charge is -2.15. The summed E-state index contributed by atoms with van der Waals surface area (Å²) < 4.78 is 17.1. The second-order valence-corrected chi connectivity index (χ2v) is 7.63.